The van der Waals surface area contributed by atoms with Gasteiger partial charge < -0.3 is 15.6 Å². The Balaban J connectivity index is 1.79. The van der Waals surface area contributed by atoms with Gasteiger partial charge in [0.1, 0.15) is 11.3 Å². The number of benzene rings is 1. The second kappa shape index (κ2) is 7.13. The van der Waals surface area contributed by atoms with Gasteiger partial charge >= 0.3 is 0 Å². The minimum Gasteiger partial charge on any atom is -0.368 e. The van der Waals surface area contributed by atoms with E-state index in [0.29, 0.717) is 11.2 Å². The van der Waals surface area contributed by atoms with Gasteiger partial charge in [-0.3, -0.25) is 4.98 Å². The molecule has 0 unspecified atom stereocenters. The summed E-state index contributed by atoms with van der Waals surface area (Å²) in [6, 6.07) is 10.6. The molecule has 0 fully saturated rings. The molecule has 0 atom stereocenters. The van der Waals surface area contributed by atoms with Gasteiger partial charge in [0.2, 0.25) is 5.95 Å². The molecule has 4 rings (SSSR count). The number of aromatic nitrogens is 5. The number of likely N-dealkylation sites (N-methyl/N-ethyl adjacent to an activating group) is 1. The first-order chi connectivity index (χ1) is 13.2. The number of nitrogens with two attached hydrogens (primary N) is 1. The van der Waals surface area contributed by atoms with Gasteiger partial charge in [0.15, 0.2) is 5.65 Å². The summed E-state index contributed by atoms with van der Waals surface area (Å²) < 4.78 is 1.94. The number of fused-ring (bicyclic) bond motifs is 1. The number of hydrogen-bond donors (Lipinski definition) is 2. The Kier molecular flexibility index (Phi) is 4.52. The van der Waals surface area contributed by atoms with Crippen molar-refractivity contribution in [3.8, 4) is 22.5 Å². The summed E-state index contributed by atoms with van der Waals surface area (Å²) in [5, 5.41) is 3.18. The summed E-state index contributed by atoms with van der Waals surface area (Å²) in [6.45, 7) is 0.960. The lowest BCUT2D eigenvalue weighted by atomic mass is 9.99. The number of anilines is 1. The number of nitrogens with one attached hydrogen (secondary N) is 1. The summed E-state index contributed by atoms with van der Waals surface area (Å²) in [5.41, 5.74) is 11.6. The monoisotopic (exact) mass is 359 g/mol. The van der Waals surface area contributed by atoms with Crippen LogP contribution in [0.2, 0.25) is 0 Å². The molecule has 4 aromatic rings. The maximum atomic E-state index is 5.73. The maximum Gasteiger partial charge on any atom is 0.222 e. The zero-order valence-electron chi connectivity index (χ0n) is 15.3. The number of hydrogen-bond acceptors (Lipinski definition) is 6. The zero-order chi connectivity index (χ0) is 18.8. The molecule has 0 amide bonds. The van der Waals surface area contributed by atoms with Gasteiger partial charge in [0, 0.05) is 30.6 Å². The van der Waals surface area contributed by atoms with Gasteiger partial charge in [-0.25, -0.2) is 9.97 Å². The van der Waals surface area contributed by atoms with Crippen LogP contribution in [0.4, 0.5) is 5.95 Å². The van der Waals surface area contributed by atoms with Gasteiger partial charge in [-0.05, 0) is 37.2 Å². The average Bonchev–Trinajstić information content (AvgIpc) is 3.03. The summed E-state index contributed by atoms with van der Waals surface area (Å²) in [7, 11) is 3.90. The number of pyridine rings is 1. The predicted molar refractivity (Wildman–Crippen MR) is 107 cm³/mol. The van der Waals surface area contributed by atoms with Gasteiger partial charge in [0.05, 0.1) is 6.20 Å². The molecule has 0 saturated heterocycles. The molecule has 3 N–H and O–H groups in total. The Morgan fingerprint density at radius 3 is 2.63 bits per heavy atom. The first-order valence-corrected chi connectivity index (χ1v) is 8.80. The second-order valence-electron chi connectivity index (χ2n) is 6.40. The van der Waals surface area contributed by atoms with Crippen LogP contribution in [0.15, 0.2) is 48.9 Å². The van der Waals surface area contributed by atoms with E-state index in [1.165, 1.54) is 5.56 Å². The average molecular weight is 359 g/mol. The highest BCUT2D eigenvalue weighted by Crippen LogP contribution is 2.32. The van der Waals surface area contributed by atoms with Gasteiger partial charge in [-0.15, -0.1) is 0 Å². The number of nitrogen functional groups attached to an aromatic ring is 1. The van der Waals surface area contributed by atoms with Crippen LogP contribution in [0.25, 0.3) is 33.7 Å². The molecule has 0 spiro atoms. The van der Waals surface area contributed by atoms with E-state index in [-0.39, 0.29) is 5.95 Å². The van der Waals surface area contributed by atoms with E-state index in [1.54, 1.807) is 12.4 Å². The fourth-order valence-electron chi connectivity index (χ4n) is 3.18. The van der Waals surface area contributed by atoms with Crippen LogP contribution >= 0.6 is 0 Å². The second-order valence-corrected chi connectivity index (χ2v) is 6.40. The molecule has 7 nitrogen and oxygen atoms in total. The summed E-state index contributed by atoms with van der Waals surface area (Å²) in [4.78, 5) is 17.4. The largest absolute Gasteiger partial charge is 0.368 e. The van der Waals surface area contributed by atoms with Crippen LogP contribution in [0.5, 0.6) is 0 Å². The third-order valence-corrected chi connectivity index (χ3v) is 4.62. The van der Waals surface area contributed by atoms with E-state index in [4.69, 9.17) is 10.7 Å². The Morgan fingerprint density at radius 2 is 1.85 bits per heavy atom. The van der Waals surface area contributed by atoms with Crippen molar-refractivity contribution >= 4 is 17.1 Å². The first kappa shape index (κ1) is 17.1. The molecule has 0 bridgehead atoms. The molecule has 0 saturated carbocycles. The van der Waals surface area contributed by atoms with Crippen molar-refractivity contribution in [3.05, 3.63) is 54.5 Å². The number of aryl methyl sites for hydroxylation is 1. The van der Waals surface area contributed by atoms with E-state index < -0.39 is 0 Å². The van der Waals surface area contributed by atoms with Crippen molar-refractivity contribution in [1.82, 2.24) is 29.8 Å². The molecule has 0 radical (unpaired) electrons. The van der Waals surface area contributed by atoms with Crippen molar-refractivity contribution in [2.45, 2.75) is 6.42 Å². The summed E-state index contributed by atoms with van der Waals surface area (Å²) in [5.74, 6) is 1.05. The molecular formula is C20H21N7. The molecule has 136 valence electrons. The predicted octanol–water partition coefficient (Wildman–Crippen LogP) is 2.44. The van der Waals surface area contributed by atoms with Gasteiger partial charge in [-0.2, -0.15) is 4.98 Å². The Hall–Kier alpha value is -3.32. The van der Waals surface area contributed by atoms with E-state index in [9.17, 15) is 0 Å². The molecule has 3 heterocycles. The standard InChI is InChI=1S/C20H21N7/c1-22-9-7-13-3-5-14(6-4-13)16-11-23-10-8-15(16)18-25-17-12-24-20(21)26-19(17)27(18)2/h3-6,8,10-12,22H,7,9H2,1-2H3,(H2,21,24,26). The molecule has 0 aliphatic rings. The Morgan fingerprint density at radius 1 is 1.04 bits per heavy atom. The molecule has 3 aromatic heterocycles. The molecule has 7 heteroatoms. The SMILES string of the molecule is CNCCc1ccc(-c2cnccc2-c2nc3cnc(N)nc3n2C)cc1. The first-order valence-electron chi connectivity index (χ1n) is 8.80. The van der Waals surface area contributed by atoms with Crippen LogP contribution in [-0.2, 0) is 13.5 Å². The van der Waals surface area contributed by atoms with Crippen LogP contribution in [0, 0.1) is 0 Å². The van der Waals surface area contributed by atoms with Crippen LogP contribution in [-0.4, -0.2) is 38.1 Å². The molecule has 27 heavy (non-hydrogen) atoms. The highest BCUT2D eigenvalue weighted by Gasteiger charge is 2.16. The van der Waals surface area contributed by atoms with Crippen molar-refractivity contribution < 1.29 is 0 Å². The van der Waals surface area contributed by atoms with Crippen molar-refractivity contribution in [3.63, 3.8) is 0 Å². The highest BCUT2D eigenvalue weighted by atomic mass is 15.1. The lowest BCUT2D eigenvalue weighted by molar-refractivity contribution is 0.792. The van der Waals surface area contributed by atoms with Crippen LogP contribution in [0.1, 0.15) is 5.56 Å². The minimum atomic E-state index is 0.240. The van der Waals surface area contributed by atoms with Gasteiger partial charge in [0.25, 0.3) is 0 Å². The number of rotatable bonds is 5. The third kappa shape index (κ3) is 3.24. The molecule has 0 aliphatic carbocycles. The van der Waals surface area contributed by atoms with Crippen LogP contribution in [0.3, 0.4) is 0 Å². The lowest BCUT2D eigenvalue weighted by Crippen LogP contribution is -2.10. The fraction of sp³-hybridized carbons (Fsp3) is 0.200. The molecular weight excluding hydrogens is 338 g/mol. The van der Waals surface area contributed by atoms with Crippen molar-refractivity contribution in [2.75, 3.05) is 19.3 Å². The normalized spacial score (nSPS) is 11.2. The molecule has 0 aliphatic heterocycles. The fourth-order valence-corrected chi connectivity index (χ4v) is 3.18. The van der Waals surface area contributed by atoms with Crippen molar-refractivity contribution in [1.29, 1.82) is 0 Å². The van der Waals surface area contributed by atoms with E-state index >= 15 is 0 Å². The number of imidazole rings is 1. The maximum absolute atomic E-state index is 5.73. The highest BCUT2D eigenvalue weighted by molar-refractivity contribution is 5.84. The van der Waals surface area contributed by atoms with Crippen LogP contribution < -0.4 is 11.1 Å². The quantitative estimate of drug-likeness (QED) is 0.568. The van der Waals surface area contributed by atoms with E-state index in [0.717, 1.165) is 35.5 Å². The summed E-state index contributed by atoms with van der Waals surface area (Å²) >= 11 is 0. The zero-order valence-corrected chi connectivity index (χ0v) is 15.3. The van der Waals surface area contributed by atoms with Crippen molar-refractivity contribution in [2.24, 2.45) is 7.05 Å². The van der Waals surface area contributed by atoms with E-state index in [1.807, 2.05) is 30.9 Å². The molecule has 1 aromatic carbocycles. The lowest BCUT2D eigenvalue weighted by Gasteiger charge is -2.10. The third-order valence-electron chi connectivity index (χ3n) is 4.62. The summed E-state index contributed by atoms with van der Waals surface area (Å²) in [6.07, 6.45) is 6.30. The smallest absolute Gasteiger partial charge is 0.222 e. The Labute approximate surface area is 157 Å². The van der Waals surface area contributed by atoms with E-state index in [2.05, 4.69) is 44.5 Å². The van der Waals surface area contributed by atoms with Gasteiger partial charge in [-0.1, -0.05) is 24.3 Å². The Bertz CT molecular complexity index is 1080. The number of nitrogens with zero attached hydrogens (tertiary/aromatic N) is 5. The minimum absolute atomic E-state index is 0.240. The topological polar surface area (TPSA) is 94.5 Å².